The second kappa shape index (κ2) is 4.23. The van der Waals surface area contributed by atoms with Crippen molar-refractivity contribution in [1.82, 2.24) is 0 Å². The zero-order valence-electron chi connectivity index (χ0n) is 7.83. The van der Waals surface area contributed by atoms with E-state index >= 15 is 0 Å². The normalized spacial score (nSPS) is 15.1. The van der Waals surface area contributed by atoms with Gasteiger partial charge < -0.3 is 10.5 Å². The largest absolute Gasteiger partial charge is 0.489 e. The topological polar surface area (TPSA) is 35.2 Å². The molecule has 0 bridgehead atoms. The molecular formula is C10H14FNO. The second-order valence-electron chi connectivity index (χ2n) is 3.14. The molecule has 0 saturated heterocycles. The Hall–Kier alpha value is -1.09. The molecule has 1 rings (SSSR count). The Labute approximate surface area is 77.5 Å². The van der Waals surface area contributed by atoms with E-state index in [-0.39, 0.29) is 18.0 Å². The number of ether oxygens (including phenoxy) is 1. The molecule has 0 heterocycles. The van der Waals surface area contributed by atoms with E-state index in [1.165, 1.54) is 12.1 Å². The summed E-state index contributed by atoms with van der Waals surface area (Å²) in [5.41, 5.74) is 5.61. The summed E-state index contributed by atoms with van der Waals surface area (Å²) in [6.07, 6.45) is -0.0644. The van der Waals surface area contributed by atoms with E-state index in [4.69, 9.17) is 10.5 Å². The minimum atomic E-state index is -0.263. The van der Waals surface area contributed by atoms with Crippen LogP contribution >= 0.6 is 0 Å². The maximum absolute atomic E-state index is 12.5. The average Bonchev–Trinajstić information content (AvgIpc) is 2.08. The van der Waals surface area contributed by atoms with Gasteiger partial charge in [0.05, 0.1) is 0 Å². The number of hydrogen-bond acceptors (Lipinski definition) is 2. The highest BCUT2D eigenvalue weighted by Gasteiger charge is 2.08. The van der Waals surface area contributed by atoms with Crippen LogP contribution in [0.4, 0.5) is 4.39 Å². The zero-order valence-corrected chi connectivity index (χ0v) is 7.83. The number of rotatable bonds is 3. The Balaban J connectivity index is 2.59. The lowest BCUT2D eigenvalue weighted by Gasteiger charge is -2.17. The third kappa shape index (κ3) is 3.03. The van der Waals surface area contributed by atoms with Crippen molar-refractivity contribution in [2.45, 2.75) is 26.0 Å². The van der Waals surface area contributed by atoms with Gasteiger partial charge in [-0.25, -0.2) is 4.39 Å². The Morgan fingerprint density at radius 3 is 2.23 bits per heavy atom. The Morgan fingerprint density at radius 2 is 1.77 bits per heavy atom. The van der Waals surface area contributed by atoms with Gasteiger partial charge >= 0.3 is 0 Å². The first-order valence-corrected chi connectivity index (χ1v) is 4.27. The molecule has 1 unspecified atom stereocenters. The number of nitrogens with two attached hydrogens (primary N) is 1. The Morgan fingerprint density at radius 1 is 1.23 bits per heavy atom. The van der Waals surface area contributed by atoms with Crippen molar-refractivity contribution in [1.29, 1.82) is 0 Å². The molecule has 2 atom stereocenters. The van der Waals surface area contributed by atoms with E-state index in [1.54, 1.807) is 12.1 Å². The van der Waals surface area contributed by atoms with Crippen molar-refractivity contribution in [3.63, 3.8) is 0 Å². The van der Waals surface area contributed by atoms with Gasteiger partial charge in [0.25, 0.3) is 0 Å². The highest BCUT2D eigenvalue weighted by molar-refractivity contribution is 5.22. The molecule has 0 radical (unpaired) electrons. The molecule has 0 aromatic heterocycles. The monoisotopic (exact) mass is 183 g/mol. The molecule has 0 spiro atoms. The highest BCUT2D eigenvalue weighted by Crippen LogP contribution is 2.13. The summed E-state index contributed by atoms with van der Waals surface area (Å²) in [5, 5.41) is 0. The minimum absolute atomic E-state index is 0.0370. The van der Waals surface area contributed by atoms with Gasteiger partial charge in [-0.05, 0) is 38.1 Å². The molecule has 3 heteroatoms. The molecule has 0 saturated carbocycles. The van der Waals surface area contributed by atoms with Gasteiger partial charge in [0.15, 0.2) is 0 Å². The highest BCUT2D eigenvalue weighted by atomic mass is 19.1. The van der Waals surface area contributed by atoms with E-state index < -0.39 is 0 Å². The fourth-order valence-corrected chi connectivity index (χ4v) is 0.835. The van der Waals surface area contributed by atoms with Crippen LogP contribution in [-0.4, -0.2) is 12.1 Å². The molecule has 0 fully saturated rings. The standard InChI is InChI=1S/C10H14FNO/c1-7(12)8(2)13-10-5-3-9(11)4-6-10/h3-8H,12H2,1-2H3/t7-,8?/m1/s1. The van der Waals surface area contributed by atoms with Crippen LogP contribution in [0.2, 0.25) is 0 Å². The number of halogens is 1. The summed E-state index contributed by atoms with van der Waals surface area (Å²) >= 11 is 0. The fourth-order valence-electron chi connectivity index (χ4n) is 0.835. The van der Waals surface area contributed by atoms with Crippen LogP contribution in [0, 0.1) is 5.82 Å². The van der Waals surface area contributed by atoms with Crippen LogP contribution in [0.3, 0.4) is 0 Å². The third-order valence-corrected chi connectivity index (χ3v) is 1.88. The predicted octanol–water partition coefficient (Wildman–Crippen LogP) is 1.94. The molecular weight excluding hydrogens is 169 g/mol. The first-order valence-electron chi connectivity index (χ1n) is 4.27. The van der Waals surface area contributed by atoms with Crippen LogP contribution in [0.5, 0.6) is 5.75 Å². The zero-order chi connectivity index (χ0) is 9.84. The van der Waals surface area contributed by atoms with Crippen LogP contribution < -0.4 is 10.5 Å². The average molecular weight is 183 g/mol. The molecule has 72 valence electrons. The fraction of sp³-hybridized carbons (Fsp3) is 0.400. The Bertz CT molecular complexity index is 258. The van der Waals surface area contributed by atoms with E-state index in [0.29, 0.717) is 5.75 Å². The lowest BCUT2D eigenvalue weighted by molar-refractivity contribution is 0.196. The van der Waals surface area contributed by atoms with Crippen molar-refractivity contribution in [2.24, 2.45) is 5.73 Å². The van der Waals surface area contributed by atoms with Crippen molar-refractivity contribution < 1.29 is 9.13 Å². The maximum Gasteiger partial charge on any atom is 0.123 e. The Kier molecular flexibility index (Phi) is 3.25. The van der Waals surface area contributed by atoms with Gasteiger partial charge in [-0.15, -0.1) is 0 Å². The van der Waals surface area contributed by atoms with Crippen LogP contribution in [-0.2, 0) is 0 Å². The summed E-state index contributed by atoms with van der Waals surface area (Å²) in [4.78, 5) is 0. The van der Waals surface area contributed by atoms with Crippen molar-refractivity contribution >= 4 is 0 Å². The maximum atomic E-state index is 12.5. The number of hydrogen-bond donors (Lipinski definition) is 1. The van der Waals surface area contributed by atoms with Gasteiger partial charge in [0, 0.05) is 6.04 Å². The summed E-state index contributed by atoms with van der Waals surface area (Å²) in [5.74, 6) is 0.381. The second-order valence-corrected chi connectivity index (χ2v) is 3.14. The van der Waals surface area contributed by atoms with Crippen molar-refractivity contribution in [2.75, 3.05) is 0 Å². The lowest BCUT2D eigenvalue weighted by Crippen LogP contribution is -2.33. The molecule has 0 aliphatic rings. The van der Waals surface area contributed by atoms with Gasteiger partial charge in [0.1, 0.15) is 17.7 Å². The van der Waals surface area contributed by atoms with E-state index in [2.05, 4.69) is 0 Å². The van der Waals surface area contributed by atoms with Gasteiger partial charge in [0.2, 0.25) is 0 Å². The van der Waals surface area contributed by atoms with E-state index in [9.17, 15) is 4.39 Å². The summed E-state index contributed by atoms with van der Waals surface area (Å²) < 4.78 is 17.9. The first-order chi connectivity index (χ1) is 6.09. The summed E-state index contributed by atoms with van der Waals surface area (Å²) in [6.45, 7) is 3.75. The smallest absolute Gasteiger partial charge is 0.123 e. The number of benzene rings is 1. The molecule has 2 nitrogen and oxygen atoms in total. The SMILES string of the molecule is CC(Oc1ccc(F)cc1)[C@@H](C)N. The van der Waals surface area contributed by atoms with Gasteiger partial charge in [-0.1, -0.05) is 0 Å². The lowest BCUT2D eigenvalue weighted by atomic mass is 10.2. The summed E-state index contributed by atoms with van der Waals surface area (Å²) in [7, 11) is 0. The quantitative estimate of drug-likeness (QED) is 0.777. The predicted molar refractivity (Wildman–Crippen MR) is 50.1 cm³/mol. The summed E-state index contributed by atoms with van der Waals surface area (Å²) in [6, 6.07) is 5.87. The first kappa shape index (κ1) is 9.99. The molecule has 2 N–H and O–H groups in total. The molecule has 1 aromatic rings. The molecule has 0 aliphatic carbocycles. The van der Waals surface area contributed by atoms with Crippen LogP contribution in [0.15, 0.2) is 24.3 Å². The van der Waals surface area contributed by atoms with Crippen LogP contribution in [0.25, 0.3) is 0 Å². The van der Waals surface area contributed by atoms with Crippen molar-refractivity contribution in [3.05, 3.63) is 30.1 Å². The van der Waals surface area contributed by atoms with Crippen LogP contribution in [0.1, 0.15) is 13.8 Å². The molecule has 0 amide bonds. The third-order valence-electron chi connectivity index (χ3n) is 1.88. The van der Waals surface area contributed by atoms with E-state index in [0.717, 1.165) is 0 Å². The molecule has 13 heavy (non-hydrogen) atoms. The van der Waals surface area contributed by atoms with E-state index in [1.807, 2.05) is 13.8 Å². The van der Waals surface area contributed by atoms with Gasteiger partial charge in [-0.2, -0.15) is 0 Å². The minimum Gasteiger partial charge on any atom is -0.489 e. The molecule has 1 aromatic carbocycles. The van der Waals surface area contributed by atoms with Gasteiger partial charge in [-0.3, -0.25) is 0 Å². The van der Waals surface area contributed by atoms with Crippen molar-refractivity contribution in [3.8, 4) is 5.75 Å². The molecule has 0 aliphatic heterocycles.